The molecule has 1 saturated heterocycles. The van der Waals surface area contributed by atoms with Crippen LogP contribution in [-0.4, -0.2) is 48.5 Å². The van der Waals surface area contributed by atoms with Crippen LogP contribution in [0.15, 0.2) is 4.99 Å². The van der Waals surface area contributed by atoms with Crippen LogP contribution in [0.4, 0.5) is 0 Å². The molecule has 1 aliphatic rings. The number of nitrogens with one attached hydrogen (secondary N) is 2. The van der Waals surface area contributed by atoms with Gasteiger partial charge in [0.25, 0.3) is 0 Å². The Morgan fingerprint density at radius 1 is 1.38 bits per heavy atom. The van der Waals surface area contributed by atoms with Crippen molar-refractivity contribution >= 4 is 35.8 Å². The maximum absolute atomic E-state index is 12.2. The predicted octanol–water partition coefficient (Wildman–Crippen LogP) is 2.36. The minimum absolute atomic E-state index is 0. The molecular weight excluding hydrogens is 379 g/mol. The van der Waals surface area contributed by atoms with E-state index in [1.54, 1.807) is 0 Å². The number of hydrogen-bond acceptors (Lipinski definition) is 2. The molecule has 1 rings (SSSR count). The zero-order chi connectivity index (χ0) is 15.0. The lowest BCUT2D eigenvalue weighted by molar-refractivity contribution is -0.134. The summed E-state index contributed by atoms with van der Waals surface area (Å²) in [6.07, 6.45) is 4.01. The van der Waals surface area contributed by atoms with E-state index in [9.17, 15) is 4.79 Å². The summed E-state index contributed by atoms with van der Waals surface area (Å²) < 4.78 is 0. The van der Waals surface area contributed by atoms with Gasteiger partial charge in [-0.15, -0.1) is 24.0 Å². The lowest BCUT2D eigenvalue weighted by Crippen LogP contribution is -2.43. The molecule has 1 fully saturated rings. The van der Waals surface area contributed by atoms with E-state index < -0.39 is 0 Å². The molecular formula is C15H31IN4O. The summed E-state index contributed by atoms with van der Waals surface area (Å²) in [5.41, 5.74) is 0. The van der Waals surface area contributed by atoms with Crippen molar-refractivity contribution in [1.82, 2.24) is 15.5 Å². The lowest BCUT2D eigenvalue weighted by Gasteiger charge is -2.33. The fraction of sp³-hybridized carbons (Fsp3) is 0.867. The molecule has 0 aliphatic carbocycles. The molecule has 0 radical (unpaired) electrons. The molecule has 0 spiro atoms. The number of carbonyl (C=O) groups excluding carboxylic acids is 1. The third-order valence-corrected chi connectivity index (χ3v) is 3.49. The van der Waals surface area contributed by atoms with Crippen LogP contribution in [0.5, 0.6) is 0 Å². The third-order valence-electron chi connectivity index (χ3n) is 3.49. The Kier molecular flexibility index (Phi) is 10.8. The highest BCUT2D eigenvalue weighted by atomic mass is 127. The highest BCUT2D eigenvalue weighted by Crippen LogP contribution is 2.17. The van der Waals surface area contributed by atoms with Crippen molar-refractivity contribution in [2.75, 3.05) is 19.6 Å². The highest BCUT2D eigenvalue weighted by molar-refractivity contribution is 14.0. The van der Waals surface area contributed by atoms with Gasteiger partial charge in [0.2, 0.25) is 5.91 Å². The van der Waals surface area contributed by atoms with Gasteiger partial charge in [0, 0.05) is 31.6 Å². The number of guanidine groups is 1. The Labute approximate surface area is 146 Å². The maximum Gasteiger partial charge on any atom is 0.224 e. The van der Waals surface area contributed by atoms with Crippen molar-refractivity contribution in [3.05, 3.63) is 0 Å². The summed E-state index contributed by atoms with van der Waals surface area (Å²) in [5.74, 6) is 1.03. The van der Waals surface area contributed by atoms with Crippen molar-refractivity contribution in [3.8, 4) is 0 Å². The van der Waals surface area contributed by atoms with E-state index in [1.165, 1.54) is 6.42 Å². The molecule has 21 heavy (non-hydrogen) atoms. The first kappa shape index (κ1) is 20.5. The average Bonchev–Trinajstić information content (AvgIpc) is 2.38. The molecule has 0 aromatic rings. The van der Waals surface area contributed by atoms with E-state index in [0.29, 0.717) is 25.0 Å². The summed E-state index contributed by atoms with van der Waals surface area (Å²) in [6.45, 7) is 10.6. The van der Waals surface area contributed by atoms with Crippen LogP contribution in [0.25, 0.3) is 0 Å². The topological polar surface area (TPSA) is 56.7 Å². The number of carbonyl (C=O) groups is 1. The van der Waals surface area contributed by atoms with E-state index in [0.717, 1.165) is 31.9 Å². The van der Waals surface area contributed by atoms with Crippen LogP contribution in [0.3, 0.4) is 0 Å². The summed E-state index contributed by atoms with van der Waals surface area (Å²) in [7, 11) is 0. The SMILES string of the molecule is CCNC(=NCCC(=O)N1CCCCC1C)NC(C)C.I. The standard InChI is InChI=1S/C15H30N4O.HI/c1-5-16-15(18-12(2)3)17-10-9-14(20)19-11-7-6-8-13(19)4;/h12-13H,5-11H2,1-4H3,(H2,16,17,18);1H. The van der Waals surface area contributed by atoms with Crippen LogP contribution in [0.2, 0.25) is 0 Å². The molecule has 0 bridgehead atoms. The first-order valence-corrected chi connectivity index (χ1v) is 7.89. The Morgan fingerprint density at radius 2 is 2.10 bits per heavy atom. The second-order valence-corrected chi connectivity index (χ2v) is 5.74. The normalized spacial score (nSPS) is 19.2. The zero-order valence-electron chi connectivity index (χ0n) is 13.8. The number of aliphatic imine (C=N–C) groups is 1. The smallest absolute Gasteiger partial charge is 0.224 e. The molecule has 6 heteroatoms. The van der Waals surface area contributed by atoms with Gasteiger partial charge in [-0.3, -0.25) is 9.79 Å². The molecule has 1 heterocycles. The fourth-order valence-electron chi connectivity index (χ4n) is 2.47. The minimum Gasteiger partial charge on any atom is -0.357 e. The van der Waals surface area contributed by atoms with E-state index in [4.69, 9.17) is 0 Å². The van der Waals surface area contributed by atoms with Gasteiger partial charge in [-0.1, -0.05) is 0 Å². The molecule has 2 N–H and O–H groups in total. The molecule has 0 aromatic heterocycles. The Bertz CT molecular complexity index is 334. The number of hydrogen-bond donors (Lipinski definition) is 2. The molecule has 1 atom stereocenters. The van der Waals surface area contributed by atoms with E-state index >= 15 is 0 Å². The Balaban J connectivity index is 0.00000400. The van der Waals surface area contributed by atoms with Crippen LogP contribution in [0, 0.1) is 0 Å². The summed E-state index contributed by atoms with van der Waals surface area (Å²) in [5, 5.41) is 6.45. The predicted molar refractivity (Wildman–Crippen MR) is 99.3 cm³/mol. The first-order valence-electron chi connectivity index (χ1n) is 7.89. The van der Waals surface area contributed by atoms with Gasteiger partial charge in [-0.2, -0.15) is 0 Å². The number of rotatable bonds is 5. The molecule has 5 nitrogen and oxygen atoms in total. The Morgan fingerprint density at radius 3 is 2.67 bits per heavy atom. The molecule has 124 valence electrons. The van der Waals surface area contributed by atoms with Gasteiger partial charge in [-0.05, 0) is 47.0 Å². The fourth-order valence-corrected chi connectivity index (χ4v) is 2.47. The summed E-state index contributed by atoms with van der Waals surface area (Å²) in [4.78, 5) is 18.7. The van der Waals surface area contributed by atoms with Crippen LogP contribution >= 0.6 is 24.0 Å². The van der Waals surface area contributed by atoms with Gasteiger partial charge in [-0.25, -0.2) is 0 Å². The number of amides is 1. The second-order valence-electron chi connectivity index (χ2n) is 5.74. The van der Waals surface area contributed by atoms with Crippen molar-refractivity contribution in [2.24, 2.45) is 4.99 Å². The van der Waals surface area contributed by atoms with Crippen molar-refractivity contribution in [3.63, 3.8) is 0 Å². The number of piperidine rings is 1. The molecule has 1 amide bonds. The van der Waals surface area contributed by atoms with E-state index in [-0.39, 0.29) is 29.9 Å². The van der Waals surface area contributed by atoms with Gasteiger partial charge >= 0.3 is 0 Å². The quantitative estimate of drug-likeness (QED) is 0.416. The highest BCUT2D eigenvalue weighted by Gasteiger charge is 2.22. The third kappa shape index (κ3) is 7.87. The second kappa shape index (κ2) is 11.1. The van der Waals surface area contributed by atoms with Gasteiger partial charge in [0.05, 0.1) is 6.54 Å². The van der Waals surface area contributed by atoms with Crippen LogP contribution in [0.1, 0.15) is 53.4 Å². The van der Waals surface area contributed by atoms with E-state index in [1.807, 2.05) is 11.8 Å². The largest absolute Gasteiger partial charge is 0.357 e. The minimum atomic E-state index is 0. The van der Waals surface area contributed by atoms with Crippen LogP contribution in [-0.2, 0) is 4.79 Å². The number of nitrogens with zero attached hydrogens (tertiary/aromatic N) is 2. The van der Waals surface area contributed by atoms with Gasteiger partial charge in [0.1, 0.15) is 0 Å². The first-order chi connectivity index (χ1) is 9.54. The van der Waals surface area contributed by atoms with Crippen molar-refractivity contribution < 1.29 is 4.79 Å². The summed E-state index contributed by atoms with van der Waals surface area (Å²) >= 11 is 0. The molecule has 1 aliphatic heterocycles. The molecule has 0 saturated carbocycles. The van der Waals surface area contributed by atoms with Gasteiger partial charge in [0.15, 0.2) is 5.96 Å². The Hall–Kier alpha value is -0.530. The van der Waals surface area contributed by atoms with Crippen molar-refractivity contribution in [1.29, 1.82) is 0 Å². The summed E-state index contributed by atoms with van der Waals surface area (Å²) in [6, 6.07) is 0.730. The average molecular weight is 410 g/mol. The number of halogens is 1. The van der Waals surface area contributed by atoms with E-state index in [2.05, 4.69) is 36.4 Å². The lowest BCUT2D eigenvalue weighted by atomic mass is 10.0. The monoisotopic (exact) mass is 410 g/mol. The van der Waals surface area contributed by atoms with Crippen molar-refractivity contribution in [2.45, 2.75) is 65.5 Å². The maximum atomic E-state index is 12.2. The number of likely N-dealkylation sites (tertiary alicyclic amines) is 1. The van der Waals surface area contributed by atoms with Crippen LogP contribution < -0.4 is 10.6 Å². The molecule has 1 unspecified atom stereocenters. The zero-order valence-corrected chi connectivity index (χ0v) is 16.1. The van der Waals surface area contributed by atoms with Gasteiger partial charge < -0.3 is 15.5 Å². The molecule has 0 aromatic carbocycles.